The molecule has 140 valence electrons. The molecule has 1 saturated carbocycles. The molecule has 2 aromatic heterocycles. The monoisotopic (exact) mass is 381 g/mol. The van der Waals surface area contributed by atoms with Crippen LogP contribution in [0.15, 0.2) is 53.7 Å². The maximum atomic E-state index is 6.11. The van der Waals surface area contributed by atoms with Gasteiger partial charge in [-0.05, 0) is 68.0 Å². The van der Waals surface area contributed by atoms with Crippen LogP contribution < -0.4 is 4.74 Å². The van der Waals surface area contributed by atoms with Gasteiger partial charge in [-0.2, -0.15) is 0 Å². The summed E-state index contributed by atoms with van der Waals surface area (Å²) in [4.78, 5) is 11.5. The summed E-state index contributed by atoms with van der Waals surface area (Å²) in [7, 11) is 0. The number of H-pyrrole nitrogens is 2. The van der Waals surface area contributed by atoms with E-state index in [4.69, 9.17) is 21.3 Å². The fraction of sp³-hybridized carbons (Fsp3) is 0.318. The van der Waals surface area contributed by atoms with Crippen LogP contribution in [-0.2, 0) is 0 Å². The van der Waals surface area contributed by atoms with Crippen molar-refractivity contribution in [1.82, 2.24) is 9.97 Å². The van der Waals surface area contributed by atoms with Crippen LogP contribution >= 0.6 is 11.6 Å². The number of hydrogen-bond acceptors (Lipinski definition) is 2. The van der Waals surface area contributed by atoms with Crippen molar-refractivity contribution in [2.45, 2.75) is 38.6 Å². The summed E-state index contributed by atoms with van der Waals surface area (Å²) in [5, 5.41) is 0.691. The number of hydrogen-bond donors (Lipinski definition) is 2. The van der Waals surface area contributed by atoms with Crippen molar-refractivity contribution in [2.24, 2.45) is 10.9 Å². The molecule has 4 nitrogen and oxygen atoms in total. The highest BCUT2D eigenvalue weighted by Crippen LogP contribution is 2.31. The molecule has 0 aliphatic heterocycles. The number of aliphatic imine (C=N–C) groups is 1. The number of aromatic amines is 2. The Morgan fingerprint density at radius 3 is 2.56 bits per heavy atom. The van der Waals surface area contributed by atoms with E-state index in [-0.39, 0.29) is 0 Å². The van der Waals surface area contributed by atoms with E-state index in [9.17, 15) is 0 Å². The minimum absolute atomic E-state index is 0.404. The highest BCUT2D eigenvalue weighted by atomic mass is 35.5. The molecule has 0 amide bonds. The molecule has 0 unspecified atom stereocenters. The van der Waals surface area contributed by atoms with Crippen molar-refractivity contribution in [3.05, 3.63) is 59.4 Å². The third-order valence-electron chi connectivity index (χ3n) is 5.14. The number of nitrogens with zero attached hydrogens (tertiary/aromatic N) is 1. The van der Waals surface area contributed by atoms with E-state index in [0.29, 0.717) is 11.1 Å². The van der Waals surface area contributed by atoms with Crippen LogP contribution in [-0.4, -0.2) is 22.2 Å². The SMILES string of the molecule is CC1CCC(N=Cc2[nH]c(-c3ccc[nH]3)cc2Oc2ccc(Cl)cc2)CC1. The average Bonchev–Trinajstić information content (AvgIpc) is 3.33. The topological polar surface area (TPSA) is 53.2 Å². The summed E-state index contributed by atoms with van der Waals surface area (Å²) >= 11 is 5.98. The third kappa shape index (κ3) is 4.45. The van der Waals surface area contributed by atoms with E-state index in [2.05, 4.69) is 16.9 Å². The highest BCUT2D eigenvalue weighted by molar-refractivity contribution is 6.30. The minimum Gasteiger partial charge on any atom is -0.455 e. The molecule has 1 fully saturated rings. The van der Waals surface area contributed by atoms with Crippen molar-refractivity contribution in [2.75, 3.05) is 0 Å². The molecule has 1 aromatic carbocycles. The summed E-state index contributed by atoms with van der Waals surface area (Å²) in [6, 6.07) is 13.8. The lowest BCUT2D eigenvalue weighted by molar-refractivity contribution is 0.350. The van der Waals surface area contributed by atoms with Gasteiger partial charge in [0.1, 0.15) is 11.4 Å². The Hall–Kier alpha value is -2.46. The molecular weight excluding hydrogens is 358 g/mol. The van der Waals surface area contributed by atoms with E-state index in [1.165, 1.54) is 12.8 Å². The van der Waals surface area contributed by atoms with Gasteiger partial charge in [0.15, 0.2) is 5.75 Å². The van der Waals surface area contributed by atoms with Crippen LogP contribution in [0.25, 0.3) is 11.4 Å². The summed E-state index contributed by atoms with van der Waals surface area (Å²) in [6.45, 7) is 2.33. The lowest BCUT2D eigenvalue weighted by Crippen LogP contribution is -2.15. The second kappa shape index (κ2) is 8.05. The number of nitrogens with one attached hydrogen (secondary N) is 2. The molecule has 0 spiro atoms. The molecule has 4 rings (SSSR count). The van der Waals surface area contributed by atoms with Crippen LogP contribution in [0.1, 0.15) is 38.3 Å². The Labute approximate surface area is 164 Å². The second-order valence-electron chi connectivity index (χ2n) is 7.29. The van der Waals surface area contributed by atoms with Gasteiger partial charge in [0.25, 0.3) is 0 Å². The zero-order valence-electron chi connectivity index (χ0n) is 15.4. The number of benzene rings is 1. The van der Waals surface area contributed by atoms with Crippen molar-refractivity contribution in [3.63, 3.8) is 0 Å². The molecule has 2 N–H and O–H groups in total. The van der Waals surface area contributed by atoms with Crippen LogP contribution in [0.4, 0.5) is 0 Å². The standard InChI is InChI=1S/C22H24ClN3O/c1-15-4-8-17(9-5-15)25-14-21-22(27-18-10-6-16(23)7-11-18)13-20(26-21)19-3-2-12-24-19/h2-3,6-7,10-15,17,24,26H,4-5,8-9H2,1H3. The number of ether oxygens (including phenoxy) is 1. The molecule has 3 aromatic rings. The van der Waals surface area contributed by atoms with Gasteiger partial charge < -0.3 is 14.7 Å². The predicted molar refractivity (Wildman–Crippen MR) is 111 cm³/mol. The first-order valence-corrected chi connectivity index (χ1v) is 9.88. The maximum absolute atomic E-state index is 6.11. The summed E-state index contributed by atoms with van der Waals surface area (Å²) in [5.41, 5.74) is 2.87. The first kappa shape index (κ1) is 17.9. The molecule has 2 heterocycles. The summed E-state index contributed by atoms with van der Waals surface area (Å²) < 4.78 is 6.11. The average molecular weight is 382 g/mol. The van der Waals surface area contributed by atoms with E-state index >= 15 is 0 Å². The first-order chi connectivity index (χ1) is 13.2. The van der Waals surface area contributed by atoms with Crippen LogP contribution in [0.3, 0.4) is 0 Å². The molecule has 27 heavy (non-hydrogen) atoms. The maximum Gasteiger partial charge on any atom is 0.154 e. The molecule has 0 bridgehead atoms. The third-order valence-corrected chi connectivity index (χ3v) is 5.39. The molecule has 0 radical (unpaired) electrons. The number of aromatic nitrogens is 2. The predicted octanol–water partition coefficient (Wildman–Crippen LogP) is 6.45. The first-order valence-electron chi connectivity index (χ1n) is 9.51. The largest absolute Gasteiger partial charge is 0.455 e. The fourth-order valence-electron chi connectivity index (χ4n) is 3.48. The normalized spacial score (nSPS) is 20.2. The van der Waals surface area contributed by atoms with E-state index in [0.717, 1.165) is 47.3 Å². The molecular formula is C22H24ClN3O. The quantitative estimate of drug-likeness (QED) is 0.490. The number of rotatable bonds is 5. The van der Waals surface area contributed by atoms with Gasteiger partial charge in [-0.25, -0.2) is 0 Å². The zero-order chi connectivity index (χ0) is 18.6. The van der Waals surface area contributed by atoms with Crippen LogP contribution in [0.5, 0.6) is 11.5 Å². The van der Waals surface area contributed by atoms with E-state index < -0.39 is 0 Å². The second-order valence-corrected chi connectivity index (χ2v) is 7.73. The lowest BCUT2D eigenvalue weighted by Gasteiger charge is -2.22. The van der Waals surface area contributed by atoms with Gasteiger partial charge in [0.2, 0.25) is 0 Å². The Morgan fingerprint density at radius 1 is 1.07 bits per heavy atom. The van der Waals surface area contributed by atoms with Gasteiger partial charge in [-0.1, -0.05) is 18.5 Å². The van der Waals surface area contributed by atoms with Crippen LogP contribution in [0, 0.1) is 5.92 Å². The van der Waals surface area contributed by atoms with E-state index in [1.807, 2.05) is 54.9 Å². The van der Waals surface area contributed by atoms with Crippen molar-refractivity contribution in [1.29, 1.82) is 0 Å². The smallest absolute Gasteiger partial charge is 0.154 e. The fourth-order valence-corrected chi connectivity index (χ4v) is 3.60. The Morgan fingerprint density at radius 2 is 1.85 bits per heavy atom. The van der Waals surface area contributed by atoms with Gasteiger partial charge in [0.05, 0.1) is 17.4 Å². The van der Waals surface area contributed by atoms with Gasteiger partial charge in [0, 0.05) is 23.5 Å². The van der Waals surface area contributed by atoms with Crippen molar-refractivity contribution < 1.29 is 4.74 Å². The van der Waals surface area contributed by atoms with Gasteiger partial charge >= 0.3 is 0 Å². The van der Waals surface area contributed by atoms with Gasteiger partial charge in [-0.3, -0.25) is 4.99 Å². The molecule has 1 aliphatic rings. The Balaban J connectivity index is 1.59. The van der Waals surface area contributed by atoms with Crippen molar-refractivity contribution >= 4 is 17.8 Å². The Kier molecular flexibility index (Phi) is 5.35. The summed E-state index contributed by atoms with van der Waals surface area (Å²) in [5.74, 6) is 2.33. The lowest BCUT2D eigenvalue weighted by atomic mass is 9.88. The zero-order valence-corrected chi connectivity index (χ0v) is 16.2. The van der Waals surface area contributed by atoms with E-state index in [1.54, 1.807) is 0 Å². The molecule has 1 aliphatic carbocycles. The molecule has 0 atom stereocenters. The Bertz CT molecular complexity index is 888. The molecule has 5 heteroatoms. The number of halogens is 1. The van der Waals surface area contributed by atoms with Gasteiger partial charge in [-0.15, -0.1) is 0 Å². The van der Waals surface area contributed by atoms with Crippen molar-refractivity contribution in [3.8, 4) is 22.9 Å². The molecule has 0 saturated heterocycles. The summed E-state index contributed by atoms with van der Waals surface area (Å²) in [6.07, 6.45) is 8.68. The highest BCUT2D eigenvalue weighted by Gasteiger charge is 2.17. The minimum atomic E-state index is 0.404. The van der Waals surface area contributed by atoms with Crippen LogP contribution in [0.2, 0.25) is 5.02 Å².